The fourth-order valence-corrected chi connectivity index (χ4v) is 7.67. The van der Waals surface area contributed by atoms with Gasteiger partial charge in [-0.25, -0.2) is 4.79 Å². The molecule has 0 spiro atoms. The van der Waals surface area contributed by atoms with E-state index in [0.717, 1.165) is 11.3 Å². The summed E-state index contributed by atoms with van der Waals surface area (Å²) < 4.78 is 19.9. The number of amides is 1. The first-order valence-corrected chi connectivity index (χ1v) is 17.8. The topological polar surface area (TPSA) is 171 Å². The zero-order chi connectivity index (χ0) is 36.8. The number of aliphatic hydroxyl groups is 1. The minimum atomic E-state index is -1.28. The predicted molar refractivity (Wildman–Crippen MR) is 190 cm³/mol. The van der Waals surface area contributed by atoms with Crippen molar-refractivity contribution in [3.05, 3.63) is 30.5 Å². The number of unbranched alkanes of at least 4 members (excludes halogenated alkanes) is 1. The summed E-state index contributed by atoms with van der Waals surface area (Å²) in [5.74, 6) is -3.44. The van der Waals surface area contributed by atoms with E-state index in [1.165, 1.54) is 6.92 Å². The molecule has 9 atom stereocenters. The Morgan fingerprint density at radius 1 is 1.16 bits per heavy atom. The molecule has 3 heterocycles. The number of cyclic esters (lactones) is 1. The Labute approximate surface area is 297 Å². The van der Waals surface area contributed by atoms with Crippen molar-refractivity contribution in [3.8, 4) is 11.3 Å². The summed E-state index contributed by atoms with van der Waals surface area (Å²) >= 11 is 0. The minimum absolute atomic E-state index is 0.0366. The molecule has 13 nitrogen and oxygen atoms in total. The lowest BCUT2D eigenvalue weighted by Crippen LogP contribution is -2.62. The molecule has 274 valence electrons. The Balaban J connectivity index is 1.59. The summed E-state index contributed by atoms with van der Waals surface area (Å²) in [6.45, 7) is 12.2. The molecule has 0 unspecified atom stereocenters. The van der Waals surface area contributed by atoms with Crippen molar-refractivity contribution < 1.29 is 33.7 Å². The number of anilines is 1. The summed E-state index contributed by atoms with van der Waals surface area (Å²) in [5.41, 5.74) is 6.05. The van der Waals surface area contributed by atoms with Crippen molar-refractivity contribution in [2.75, 3.05) is 32.5 Å². The predicted octanol–water partition coefficient (Wildman–Crippen LogP) is 3.79. The van der Waals surface area contributed by atoms with Gasteiger partial charge in [0.1, 0.15) is 23.5 Å². The average molecular weight is 695 g/mol. The molecule has 50 heavy (non-hydrogen) atoms. The highest BCUT2D eigenvalue weighted by Crippen LogP contribution is 2.41. The van der Waals surface area contributed by atoms with E-state index < -0.39 is 59.1 Å². The van der Waals surface area contributed by atoms with Gasteiger partial charge >= 0.3 is 12.1 Å². The number of esters is 1. The van der Waals surface area contributed by atoms with E-state index >= 15 is 0 Å². The van der Waals surface area contributed by atoms with E-state index in [-0.39, 0.29) is 18.3 Å². The van der Waals surface area contributed by atoms with Crippen molar-refractivity contribution in [2.45, 2.75) is 115 Å². The van der Waals surface area contributed by atoms with Crippen molar-refractivity contribution >= 4 is 31.4 Å². The summed E-state index contributed by atoms with van der Waals surface area (Å²) in [7, 11) is 8.24. The second-order valence-corrected chi connectivity index (χ2v) is 14.5. The van der Waals surface area contributed by atoms with Gasteiger partial charge in [0.25, 0.3) is 0 Å². The molecule has 1 amide bonds. The van der Waals surface area contributed by atoms with Gasteiger partial charge in [-0.3, -0.25) is 19.2 Å². The van der Waals surface area contributed by atoms with E-state index in [9.17, 15) is 19.5 Å². The Morgan fingerprint density at radius 2 is 1.88 bits per heavy atom. The van der Waals surface area contributed by atoms with Gasteiger partial charge in [-0.15, -0.1) is 5.10 Å². The molecule has 2 saturated heterocycles. The fraction of sp³-hybridized carbons (Fsp3) is 0.694. The molecule has 14 heteroatoms. The lowest BCUT2D eigenvalue weighted by molar-refractivity contribution is -0.170. The molecular weight excluding hydrogens is 639 g/mol. The number of nitrogens with two attached hydrogens (primary N) is 1. The van der Waals surface area contributed by atoms with Crippen LogP contribution in [0.1, 0.15) is 73.6 Å². The highest BCUT2D eigenvalue weighted by atomic mass is 16.6. The van der Waals surface area contributed by atoms with Gasteiger partial charge in [0, 0.05) is 50.0 Å². The lowest BCUT2D eigenvalue weighted by atomic mass is 9.62. The number of ether oxygens (including phenoxy) is 3. The second kappa shape index (κ2) is 16.7. The van der Waals surface area contributed by atoms with E-state index in [4.69, 9.17) is 27.8 Å². The minimum Gasteiger partial charge on any atom is -0.458 e. The number of aromatic nitrogens is 3. The number of hydrogen-bond acceptors (Lipinski definition) is 11. The van der Waals surface area contributed by atoms with Crippen molar-refractivity contribution in [1.29, 1.82) is 0 Å². The summed E-state index contributed by atoms with van der Waals surface area (Å²) in [6.07, 6.45) is 3.00. The number of rotatable bonds is 10. The monoisotopic (exact) mass is 694 g/mol. The molecule has 2 aliphatic rings. The number of aryl methyl sites for hydroxylation is 1. The van der Waals surface area contributed by atoms with Gasteiger partial charge < -0.3 is 30.4 Å². The molecule has 1 aromatic carbocycles. The smallest absolute Gasteiger partial charge is 0.410 e. The number of ketones is 1. The number of hydrogen-bond donors (Lipinski definition) is 3. The maximum Gasteiger partial charge on any atom is 0.410 e. The molecule has 4 rings (SSSR count). The largest absolute Gasteiger partial charge is 0.458 e. The SMILES string of the molecule is [B][C@@H]1[C@@H](C)C(=O)[C@@H](C)C(=O)O[C@H](CC)[C@@]2(C)OC(=O)N(CCCCn3cc(-c4cccc(N)c4)nn3)[C@@H]2[C@@H](CCO)NC[C@H](C)C[C@@]1(C)OC. The molecule has 2 fully saturated rings. The Morgan fingerprint density at radius 3 is 2.54 bits per heavy atom. The van der Waals surface area contributed by atoms with Gasteiger partial charge in [0.15, 0.2) is 5.60 Å². The van der Waals surface area contributed by atoms with Crippen LogP contribution in [-0.4, -0.2) is 107 Å². The lowest BCUT2D eigenvalue weighted by Gasteiger charge is -2.42. The zero-order valence-electron chi connectivity index (χ0n) is 30.6. The third-order valence-corrected chi connectivity index (χ3v) is 10.7. The number of fused-ring (bicyclic) bond motifs is 1. The Kier molecular flexibility index (Phi) is 13.1. The number of aliphatic hydroxyl groups excluding tert-OH is 1. The fourth-order valence-electron chi connectivity index (χ4n) is 7.67. The number of Topliss-reactive ketones (excluding diaryl/α,β-unsaturated/α-hetero) is 1. The van der Waals surface area contributed by atoms with Crippen molar-refractivity contribution in [1.82, 2.24) is 25.2 Å². The Hall–Kier alpha value is -3.49. The number of carbonyl (C=O) groups excluding carboxylic acids is 3. The molecular formula is C36H55BN6O7. The van der Waals surface area contributed by atoms with Gasteiger partial charge in [0.05, 0.1) is 25.7 Å². The van der Waals surface area contributed by atoms with Crippen molar-refractivity contribution in [2.24, 2.45) is 17.8 Å². The van der Waals surface area contributed by atoms with Gasteiger partial charge in [-0.1, -0.05) is 38.1 Å². The number of methoxy groups -OCH3 is 1. The molecule has 2 aliphatic heterocycles. The summed E-state index contributed by atoms with van der Waals surface area (Å²) in [6, 6.07) is 6.46. The van der Waals surface area contributed by atoms with Crippen LogP contribution < -0.4 is 11.1 Å². The third kappa shape index (κ3) is 8.51. The van der Waals surface area contributed by atoms with Crippen molar-refractivity contribution in [3.63, 3.8) is 0 Å². The van der Waals surface area contributed by atoms with Crippen LogP contribution >= 0.6 is 0 Å². The quantitative estimate of drug-likeness (QED) is 0.109. The highest BCUT2D eigenvalue weighted by Gasteiger charge is 2.59. The van der Waals surface area contributed by atoms with Gasteiger partial charge in [0.2, 0.25) is 0 Å². The molecule has 0 aliphatic carbocycles. The third-order valence-electron chi connectivity index (χ3n) is 10.7. The first-order valence-electron chi connectivity index (χ1n) is 17.8. The van der Waals surface area contributed by atoms with Crippen LogP contribution in [0.15, 0.2) is 30.5 Å². The van der Waals surface area contributed by atoms with E-state index in [1.54, 1.807) is 30.5 Å². The highest BCUT2D eigenvalue weighted by molar-refractivity contribution is 6.15. The Bertz CT molecular complexity index is 1480. The van der Waals surface area contributed by atoms with E-state index in [1.807, 2.05) is 44.3 Å². The van der Waals surface area contributed by atoms with Crippen LogP contribution in [0.5, 0.6) is 0 Å². The number of carbonyl (C=O) groups is 3. The maximum absolute atomic E-state index is 13.7. The molecule has 0 bridgehead atoms. The number of nitrogens with zero attached hydrogens (tertiary/aromatic N) is 4. The van der Waals surface area contributed by atoms with Crippen LogP contribution in [0.3, 0.4) is 0 Å². The van der Waals surface area contributed by atoms with Gasteiger partial charge in [-0.05, 0) is 83.3 Å². The molecule has 4 N–H and O–H groups in total. The van der Waals surface area contributed by atoms with Gasteiger partial charge in [-0.2, -0.15) is 0 Å². The van der Waals surface area contributed by atoms with E-state index in [0.29, 0.717) is 57.4 Å². The normalized spacial score (nSPS) is 32.9. The molecule has 1 aromatic heterocycles. The molecule has 2 aromatic rings. The second-order valence-electron chi connectivity index (χ2n) is 14.5. The average Bonchev–Trinajstić information content (AvgIpc) is 3.67. The first-order chi connectivity index (χ1) is 23.7. The van der Waals surface area contributed by atoms with Crippen LogP contribution in [0.2, 0.25) is 5.82 Å². The molecule has 0 saturated carbocycles. The van der Waals surface area contributed by atoms with E-state index in [2.05, 4.69) is 22.6 Å². The van der Waals surface area contributed by atoms with Crippen LogP contribution in [0.25, 0.3) is 11.3 Å². The first kappa shape index (κ1) is 39.3. The molecule has 2 radical (unpaired) electrons. The number of nitrogens with one attached hydrogen (secondary N) is 1. The zero-order valence-corrected chi connectivity index (χ0v) is 30.6. The van der Waals surface area contributed by atoms with Crippen LogP contribution in [0.4, 0.5) is 10.5 Å². The number of nitrogen functional groups attached to an aromatic ring is 1. The standard InChI is InChI=1S/C36H55BN6O7/c1-8-29-36(6)32(43(34(47)50-36)16-10-9-15-42-21-28(40-41-42)25-12-11-13-26(38)18-25)27(14-17-44)39-20-22(2)19-35(5,48-7)31(37)23(3)30(45)24(4)33(46)49-29/h11-13,18,21-24,27,29,31-32,39,44H,8-10,14-17,19-20,38H2,1-7H3/t22-,23+,24-,27-,29-,31-,32-,35-,36-/m1/s1. The summed E-state index contributed by atoms with van der Waals surface area (Å²) in [5, 5.41) is 22.4. The van der Waals surface area contributed by atoms with Crippen LogP contribution in [0, 0.1) is 17.8 Å². The number of benzene rings is 1. The maximum atomic E-state index is 13.7. The summed E-state index contributed by atoms with van der Waals surface area (Å²) in [4.78, 5) is 42.6. The van der Waals surface area contributed by atoms with Crippen LogP contribution in [-0.2, 0) is 30.3 Å².